The van der Waals surface area contributed by atoms with Crippen LogP contribution in [0.15, 0.2) is 24.5 Å². The molecule has 3 rings (SSSR count). The Morgan fingerprint density at radius 2 is 2.00 bits per heavy atom. The normalized spacial score (nSPS) is 18.8. The van der Waals surface area contributed by atoms with Crippen LogP contribution in [-0.2, 0) is 11.3 Å². The van der Waals surface area contributed by atoms with Crippen LogP contribution in [0.25, 0.3) is 0 Å². The van der Waals surface area contributed by atoms with E-state index in [-0.39, 0.29) is 0 Å². The molecule has 1 saturated carbocycles. The smallest absolute Gasteiger partial charge is 0.222 e. The molecule has 0 atom stereocenters. The molecule has 0 radical (unpaired) electrons. The largest absolute Gasteiger partial charge is 0.339 e. The molecule has 120 valence electrons. The van der Waals surface area contributed by atoms with Gasteiger partial charge in [-0.05, 0) is 42.4 Å². The van der Waals surface area contributed by atoms with Crippen LogP contribution >= 0.6 is 0 Å². The molecule has 22 heavy (non-hydrogen) atoms. The van der Waals surface area contributed by atoms with E-state index in [1.807, 2.05) is 17.3 Å². The van der Waals surface area contributed by atoms with E-state index in [9.17, 15) is 4.79 Å². The lowest BCUT2D eigenvalue weighted by molar-refractivity contribution is -0.139. The average Bonchev–Trinajstić information content (AvgIpc) is 3.21. The molecule has 4 heteroatoms. The summed E-state index contributed by atoms with van der Waals surface area (Å²) in [6.07, 6.45) is 7.15. The fourth-order valence-electron chi connectivity index (χ4n) is 3.07. The van der Waals surface area contributed by atoms with Crippen molar-refractivity contribution in [3.05, 3.63) is 30.1 Å². The summed E-state index contributed by atoms with van der Waals surface area (Å²) in [5.41, 5.74) is 1.32. The van der Waals surface area contributed by atoms with Crippen LogP contribution in [0.3, 0.4) is 0 Å². The third-order valence-electron chi connectivity index (χ3n) is 4.64. The fourth-order valence-corrected chi connectivity index (χ4v) is 3.07. The Morgan fingerprint density at radius 1 is 1.32 bits per heavy atom. The molecule has 1 aliphatic heterocycles. The molecule has 2 aliphatic rings. The van der Waals surface area contributed by atoms with Crippen LogP contribution in [0, 0.1) is 11.8 Å². The molecule has 1 aromatic rings. The molecule has 0 bridgehead atoms. The Kier molecular flexibility index (Phi) is 4.77. The lowest BCUT2D eigenvalue weighted by atomic mass is 10.0. The summed E-state index contributed by atoms with van der Waals surface area (Å²) in [5, 5.41) is 0. The van der Waals surface area contributed by atoms with Crippen LogP contribution in [0.4, 0.5) is 0 Å². The van der Waals surface area contributed by atoms with Gasteiger partial charge in [-0.25, -0.2) is 0 Å². The molecular formula is C18H27N3O. The molecule has 2 fully saturated rings. The van der Waals surface area contributed by atoms with Crippen molar-refractivity contribution in [3.8, 4) is 0 Å². The average molecular weight is 301 g/mol. The molecular weight excluding hydrogens is 274 g/mol. The van der Waals surface area contributed by atoms with Crippen molar-refractivity contribution in [3.63, 3.8) is 0 Å². The maximum absolute atomic E-state index is 12.1. The second kappa shape index (κ2) is 6.78. The molecule has 1 aromatic heterocycles. The van der Waals surface area contributed by atoms with Crippen molar-refractivity contribution in [2.75, 3.05) is 19.6 Å². The second-order valence-corrected chi connectivity index (χ2v) is 7.28. The quantitative estimate of drug-likeness (QED) is 0.776. The number of aromatic nitrogens is 1. The predicted molar refractivity (Wildman–Crippen MR) is 87.2 cm³/mol. The molecule has 2 heterocycles. The van der Waals surface area contributed by atoms with Gasteiger partial charge in [-0.2, -0.15) is 0 Å². The van der Waals surface area contributed by atoms with Crippen LogP contribution in [0.1, 0.15) is 38.7 Å². The zero-order chi connectivity index (χ0) is 15.5. The van der Waals surface area contributed by atoms with E-state index in [2.05, 4.69) is 35.9 Å². The molecule has 0 N–H and O–H groups in total. The summed E-state index contributed by atoms with van der Waals surface area (Å²) in [7, 11) is 0. The zero-order valence-corrected chi connectivity index (χ0v) is 13.7. The third-order valence-corrected chi connectivity index (χ3v) is 4.64. The second-order valence-electron chi connectivity index (χ2n) is 7.28. The first kappa shape index (κ1) is 15.5. The number of amides is 1. The first-order valence-corrected chi connectivity index (χ1v) is 8.52. The van der Waals surface area contributed by atoms with E-state index in [1.165, 1.54) is 24.9 Å². The van der Waals surface area contributed by atoms with E-state index in [0.29, 0.717) is 24.3 Å². The maximum Gasteiger partial charge on any atom is 0.222 e. The highest BCUT2D eigenvalue weighted by Crippen LogP contribution is 2.32. The van der Waals surface area contributed by atoms with Crippen molar-refractivity contribution in [2.24, 2.45) is 11.8 Å². The standard InChI is InChI=1S/C18H27N3O/c1-14(2)9-18(22)21-12-17(13-21)20(10-15-3-4-15)11-16-5-7-19-8-6-16/h5-8,14-15,17H,3-4,9-13H2,1-2H3. The van der Waals surface area contributed by atoms with Gasteiger partial charge in [-0.15, -0.1) is 0 Å². The van der Waals surface area contributed by atoms with Crippen molar-refractivity contribution in [1.82, 2.24) is 14.8 Å². The first-order chi connectivity index (χ1) is 10.6. The van der Waals surface area contributed by atoms with Gasteiger partial charge in [0.25, 0.3) is 0 Å². The highest BCUT2D eigenvalue weighted by molar-refractivity contribution is 5.77. The molecule has 0 unspecified atom stereocenters. The summed E-state index contributed by atoms with van der Waals surface area (Å²) in [5.74, 6) is 1.65. The van der Waals surface area contributed by atoms with Crippen LogP contribution in [0.2, 0.25) is 0 Å². The Bertz CT molecular complexity index is 492. The van der Waals surface area contributed by atoms with E-state index < -0.39 is 0 Å². The zero-order valence-electron chi connectivity index (χ0n) is 13.7. The third kappa shape index (κ3) is 4.07. The van der Waals surface area contributed by atoms with Gasteiger partial charge in [-0.3, -0.25) is 14.7 Å². The van der Waals surface area contributed by atoms with Gasteiger partial charge in [0.15, 0.2) is 0 Å². The Balaban J connectivity index is 1.54. The van der Waals surface area contributed by atoms with Crippen molar-refractivity contribution in [2.45, 2.75) is 45.7 Å². The predicted octanol–water partition coefficient (Wildman–Crippen LogP) is 2.55. The summed E-state index contributed by atoms with van der Waals surface area (Å²) < 4.78 is 0. The van der Waals surface area contributed by atoms with Gasteiger partial charge >= 0.3 is 0 Å². The van der Waals surface area contributed by atoms with Crippen molar-refractivity contribution < 1.29 is 4.79 Å². The topological polar surface area (TPSA) is 36.4 Å². The van der Waals surface area contributed by atoms with Crippen LogP contribution in [0.5, 0.6) is 0 Å². The van der Waals surface area contributed by atoms with Gasteiger partial charge in [0, 0.05) is 51.0 Å². The van der Waals surface area contributed by atoms with Gasteiger partial charge in [0.2, 0.25) is 5.91 Å². The number of hydrogen-bond acceptors (Lipinski definition) is 3. The van der Waals surface area contributed by atoms with E-state index >= 15 is 0 Å². The van der Waals surface area contributed by atoms with E-state index in [4.69, 9.17) is 0 Å². The Morgan fingerprint density at radius 3 is 2.59 bits per heavy atom. The summed E-state index contributed by atoms with van der Waals surface area (Å²) >= 11 is 0. The Hall–Kier alpha value is -1.42. The molecule has 0 aromatic carbocycles. The highest BCUT2D eigenvalue weighted by Gasteiger charge is 2.37. The molecule has 1 amide bonds. The number of carbonyl (C=O) groups is 1. The number of nitrogens with zero attached hydrogens (tertiary/aromatic N) is 3. The molecule has 0 spiro atoms. The Labute approximate surface area is 133 Å². The van der Waals surface area contributed by atoms with Crippen LogP contribution in [-0.4, -0.2) is 46.4 Å². The summed E-state index contributed by atoms with van der Waals surface area (Å²) in [6, 6.07) is 4.73. The summed E-state index contributed by atoms with van der Waals surface area (Å²) in [4.78, 5) is 20.8. The lowest BCUT2D eigenvalue weighted by Crippen LogP contribution is -2.61. The summed E-state index contributed by atoms with van der Waals surface area (Å²) in [6.45, 7) is 8.19. The van der Waals surface area contributed by atoms with E-state index in [1.54, 1.807) is 0 Å². The van der Waals surface area contributed by atoms with Crippen LogP contribution < -0.4 is 0 Å². The number of rotatable bonds is 7. The minimum atomic E-state index is 0.321. The number of pyridine rings is 1. The number of carbonyl (C=O) groups excluding carboxylic acids is 1. The van der Waals surface area contributed by atoms with Gasteiger partial charge in [-0.1, -0.05) is 13.8 Å². The maximum atomic E-state index is 12.1. The monoisotopic (exact) mass is 301 g/mol. The van der Waals surface area contributed by atoms with E-state index in [0.717, 1.165) is 25.6 Å². The van der Waals surface area contributed by atoms with Gasteiger partial charge < -0.3 is 4.90 Å². The molecule has 1 aliphatic carbocycles. The SMILES string of the molecule is CC(C)CC(=O)N1CC(N(Cc2ccncc2)CC2CC2)C1. The first-order valence-electron chi connectivity index (χ1n) is 8.52. The van der Waals surface area contributed by atoms with Crippen molar-refractivity contribution in [1.29, 1.82) is 0 Å². The van der Waals surface area contributed by atoms with Gasteiger partial charge in [0.05, 0.1) is 0 Å². The van der Waals surface area contributed by atoms with Crippen molar-refractivity contribution >= 4 is 5.91 Å². The number of hydrogen-bond donors (Lipinski definition) is 0. The highest BCUT2D eigenvalue weighted by atomic mass is 16.2. The van der Waals surface area contributed by atoms with Gasteiger partial charge in [0.1, 0.15) is 0 Å². The minimum Gasteiger partial charge on any atom is -0.339 e. The number of likely N-dealkylation sites (tertiary alicyclic amines) is 1. The fraction of sp³-hybridized carbons (Fsp3) is 0.667. The minimum absolute atomic E-state index is 0.321. The molecule has 4 nitrogen and oxygen atoms in total. The molecule has 1 saturated heterocycles. The lowest BCUT2D eigenvalue weighted by Gasteiger charge is -2.46.